The van der Waals surface area contributed by atoms with Gasteiger partial charge in [-0.05, 0) is 38.8 Å². The van der Waals surface area contributed by atoms with Crippen molar-refractivity contribution in [1.82, 2.24) is 15.5 Å². The number of hydrogen-bond donors (Lipinski definition) is 2. The Hall–Kier alpha value is -0.770. The van der Waals surface area contributed by atoms with Gasteiger partial charge in [-0.2, -0.15) is 0 Å². The van der Waals surface area contributed by atoms with Crippen LogP contribution in [0.3, 0.4) is 0 Å². The molecule has 1 aliphatic heterocycles. The Balaban J connectivity index is 2.14. The molecular formula is C14H30N4. The zero-order valence-corrected chi connectivity index (χ0v) is 12.3. The van der Waals surface area contributed by atoms with Crippen LogP contribution in [0.5, 0.6) is 0 Å². The van der Waals surface area contributed by atoms with E-state index in [1.54, 1.807) is 0 Å². The van der Waals surface area contributed by atoms with E-state index in [0.29, 0.717) is 0 Å². The van der Waals surface area contributed by atoms with E-state index in [1.165, 1.54) is 45.2 Å². The van der Waals surface area contributed by atoms with Gasteiger partial charge in [0.15, 0.2) is 5.96 Å². The largest absolute Gasteiger partial charge is 0.356 e. The van der Waals surface area contributed by atoms with Gasteiger partial charge in [0.25, 0.3) is 0 Å². The van der Waals surface area contributed by atoms with E-state index in [2.05, 4.69) is 34.5 Å². The monoisotopic (exact) mass is 254 g/mol. The third kappa shape index (κ3) is 6.24. The highest BCUT2D eigenvalue weighted by Crippen LogP contribution is 2.13. The lowest BCUT2D eigenvalue weighted by molar-refractivity contribution is 0.210. The zero-order chi connectivity index (χ0) is 13.2. The van der Waals surface area contributed by atoms with E-state index in [-0.39, 0.29) is 0 Å². The fourth-order valence-electron chi connectivity index (χ4n) is 2.48. The Morgan fingerprint density at radius 2 is 2.17 bits per heavy atom. The maximum absolute atomic E-state index is 4.27. The third-order valence-corrected chi connectivity index (χ3v) is 3.58. The van der Waals surface area contributed by atoms with Crippen molar-refractivity contribution in [3.8, 4) is 0 Å². The molecule has 0 aromatic rings. The fraction of sp³-hybridized carbons (Fsp3) is 0.929. The number of nitrogens with one attached hydrogen (secondary N) is 2. The second-order valence-electron chi connectivity index (χ2n) is 5.36. The van der Waals surface area contributed by atoms with Crippen molar-refractivity contribution in [1.29, 1.82) is 0 Å². The number of guanidine groups is 1. The molecule has 1 unspecified atom stereocenters. The van der Waals surface area contributed by atoms with Crippen LogP contribution >= 0.6 is 0 Å². The van der Waals surface area contributed by atoms with Gasteiger partial charge in [0.1, 0.15) is 0 Å². The summed E-state index contributed by atoms with van der Waals surface area (Å²) in [6.07, 6.45) is 6.44. The van der Waals surface area contributed by atoms with Crippen LogP contribution in [-0.2, 0) is 0 Å². The Morgan fingerprint density at radius 3 is 2.83 bits per heavy atom. The van der Waals surface area contributed by atoms with Crippen LogP contribution in [0.15, 0.2) is 4.99 Å². The second kappa shape index (κ2) is 9.20. The maximum Gasteiger partial charge on any atom is 0.190 e. The predicted molar refractivity (Wildman–Crippen MR) is 79.1 cm³/mol. The topological polar surface area (TPSA) is 39.7 Å². The van der Waals surface area contributed by atoms with Crippen molar-refractivity contribution in [2.45, 2.75) is 39.0 Å². The first-order valence-electron chi connectivity index (χ1n) is 7.39. The van der Waals surface area contributed by atoms with Crippen molar-refractivity contribution in [2.24, 2.45) is 10.9 Å². The van der Waals surface area contributed by atoms with Gasteiger partial charge < -0.3 is 15.5 Å². The summed E-state index contributed by atoms with van der Waals surface area (Å²) in [5, 5.41) is 6.83. The van der Waals surface area contributed by atoms with Gasteiger partial charge >= 0.3 is 0 Å². The standard InChI is InChI=1S/C14H30N4/c1-4-5-6-9-16-14(15-2)17-11-13-8-7-10-18(3)12-13/h13H,4-12H2,1-3H3,(H2,15,16,17). The predicted octanol–water partition coefficient (Wildman–Crippen LogP) is 1.68. The van der Waals surface area contributed by atoms with Crippen molar-refractivity contribution in [2.75, 3.05) is 40.3 Å². The highest BCUT2D eigenvalue weighted by Gasteiger charge is 2.16. The number of likely N-dealkylation sites (tertiary alicyclic amines) is 1. The molecule has 1 heterocycles. The summed E-state index contributed by atoms with van der Waals surface area (Å²) in [5.41, 5.74) is 0. The molecule has 0 aromatic heterocycles. The fourth-order valence-corrected chi connectivity index (χ4v) is 2.48. The summed E-state index contributed by atoms with van der Waals surface area (Å²) in [5.74, 6) is 1.72. The van der Waals surface area contributed by atoms with Crippen LogP contribution in [0, 0.1) is 5.92 Å². The zero-order valence-electron chi connectivity index (χ0n) is 12.3. The van der Waals surface area contributed by atoms with Crippen LogP contribution < -0.4 is 10.6 Å². The summed E-state index contributed by atoms with van der Waals surface area (Å²) in [4.78, 5) is 6.69. The Kier molecular flexibility index (Phi) is 7.81. The second-order valence-corrected chi connectivity index (χ2v) is 5.36. The molecule has 1 rings (SSSR count). The Bertz CT molecular complexity index is 240. The van der Waals surface area contributed by atoms with Gasteiger partial charge in [0.2, 0.25) is 0 Å². The molecule has 0 bridgehead atoms. The van der Waals surface area contributed by atoms with Crippen LogP contribution in [0.4, 0.5) is 0 Å². The quantitative estimate of drug-likeness (QED) is 0.430. The smallest absolute Gasteiger partial charge is 0.190 e. The molecule has 4 heteroatoms. The molecule has 0 aromatic carbocycles. The first-order valence-corrected chi connectivity index (χ1v) is 7.39. The van der Waals surface area contributed by atoms with Crippen LogP contribution in [0.1, 0.15) is 39.0 Å². The number of aliphatic imine (C=N–C) groups is 1. The van der Waals surface area contributed by atoms with Crippen LogP contribution in [0.25, 0.3) is 0 Å². The highest BCUT2D eigenvalue weighted by atomic mass is 15.2. The average Bonchev–Trinajstić information content (AvgIpc) is 2.38. The minimum absolute atomic E-state index is 0.762. The lowest BCUT2D eigenvalue weighted by atomic mass is 9.99. The van der Waals surface area contributed by atoms with Crippen molar-refractivity contribution >= 4 is 5.96 Å². The number of rotatable bonds is 6. The summed E-state index contributed by atoms with van der Waals surface area (Å²) < 4.78 is 0. The third-order valence-electron chi connectivity index (χ3n) is 3.58. The van der Waals surface area contributed by atoms with E-state index in [0.717, 1.165) is 25.0 Å². The first kappa shape index (κ1) is 15.3. The molecule has 1 saturated heterocycles. The van der Waals surface area contributed by atoms with Crippen LogP contribution in [0.2, 0.25) is 0 Å². The molecule has 106 valence electrons. The van der Waals surface area contributed by atoms with Crippen molar-refractivity contribution in [3.63, 3.8) is 0 Å². The molecule has 0 amide bonds. The van der Waals surface area contributed by atoms with Crippen molar-refractivity contribution in [3.05, 3.63) is 0 Å². The molecule has 1 atom stereocenters. The van der Waals surface area contributed by atoms with E-state index >= 15 is 0 Å². The molecule has 0 spiro atoms. The van der Waals surface area contributed by atoms with Gasteiger partial charge in [-0.15, -0.1) is 0 Å². The maximum atomic E-state index is 4.27. The average molecular weight is 254 g/mol. The number of hydrogen-bond acceptors (Lipinski definition) is 2. The van der Waals surface area contributed by atoms with Gasteiger partial charge in [-0.1, -0.05) is 19.8 Å². The van der Waals surface area contributed by atoms with E-state index in [4.69, 9.17) is 0 Å². The Morgan fingerprint density at radius 1 is 1.33 bits per heavy atom. The number of piperidine rings is 1. The van der Waals surface area contributed by atoms with Gasteiger partial charge in [-0.25, -0.2) is 0 Å². The molecule has 0 aliphatic carbocycles. The molecular weight excluding hydrogens is 224 g/mol. The summed E-state index contributed by atoms with van der Waals surface area (Å²) in [6, 6.07) is 0. The van der Waals surface area contributed by atoms with E-state index < -0.39 is 0 Å². The molecule has 0 saturated carbocycles. The van der Waals surface area contributed by atoms with Gasteiger partial charge in [0.05, 0.1) is 0 Å². The van der Waals surface area contributed by atoms with Gasteiger partial charge in [-0.3, -0.25) is 4.99 Å². The minimum atomic E-state index is 0.762. The van der Waals surface area contributed by atoms with Gasteiger partial charge in [0, 0.05) is 26.7 Å². The molecule has 2 N–H and O–H groups in total. The molecule has 0 radical (unpaired) electrons. The lowest BCUT2D eigenvalue weighted by Crippen LogP contribution is -2.43. The first-order chi connectivity index (χ1) is 8.76. The molecule has 18 heavy (non-hydrogen) atoms. The Labute approximate surface area is 112 Å². The lowest BCUT2D eigenvalue weighted by Gasteiger charge is -2.30. The number of unbranched alkanes of at least 4 members (excludes halogenated alkanes) is 2. The highest BCUT2D eigenvalue weighted by molar-refractivity contribution is 5.79. The summed E-state index contributed by atoms with van der Waals surface area (Å²) >= 11 is 0. The van der Waals surface area contributed by atoms with E-state index in [9.17, 15) is 0 Å². The summed E-state index contributed by atoms with van der Waals surface area (Å²) in [7, 11) is 4.06. The minimum Gasteiger partial charge on any atom is -0.356 e. The van der Waals surface area contributed by atoms with Crippen molar-refractivity contribution < 1.29 is 0 Å². The SMILES string of the molecule is CCCCCNC(=NC)NCC1CCCN(C)C1. The van der Waals surface area contributed by atoms with E-state index in [1.807, 2.05) is 7.05 Å². The summed E-state index contributed by atoms with van der Waals surface area (Å²) in [6.45, 7) is 6.75. The molecule has 1 fully saturated rings. The molecule has 4 nitrogen and oxygen atoms in total. The normalized spacial score (nSPS) is 21.9. The molecule has 1 aliphatic rings. The number of nitrogens with zero attached hydrogens (tertiary/aromatic N) is 2. The van der Waals surface area contributed by atoms with Crippen LogP contribution in [-0.4, -0.2) is 51.1 Å².